The Morgan fingerprint density at radius 3 is 2.68 bits per heavy atom. The summed E-state index contributed by atoms with van der Waals surface area (Å²) < 4.78 is 18.2. The molecule has 0 aliphatic rings. The third kappa shape index (κ3) is 4.17. The van der Waals surface area contributed by atoms with Crippen molar-refractivity contribution in [1.82, 2.24) is 14.8 Å². The number of furan rings is 1. The molecule has 0 amide bonds. The smallest absolute Gasteiger partial charge is 0.336 e. The number of methoxy groups -OCH3 is 1. The van der Waals surface area contributed by atoms with E-state index in [1.165, 1.54) is 17.8 Å². The first kappa shape index (κ1) is 21.8. The Labute approximate surface area is 198 Å². The lowest BCUT2D eigenvalue weighted by atomic mass is 10.1. The number of phenolic OH excluding ortho intramolecular Hbond substituents is 1. The number of rotatable bonds is 7. The molecule has 0 bridgehead atoms. The second-order valence-corrected chi connectivity index (χ2v) is 8.61. The molecule has 0 aliphatic heterocycles. The van der Waals surface area contributed by atoms with Gasteiger partial charge in [-0.3, -0.25) is 4.57 Å². The maximum absolute atomic E-state index is 12.2. The molecule has 1 N–H and O–H groups in total. The highest BCUT2D eigenvalue weighted by Crippen LogP contribution is 2.32. The van der Waals surface area contributed by atoms with Crippen LogP contribution in [0.15, 0.2) is 79.6 Å². The number of hydrogen-bond acceptors (Lipinski definition) is 8. The minimum absolute atomic E-state index is 0.0859. The predicted molar refractivity (Wildman–Crippen MR) is 128 cm³/mol. The maximum atomic E-state index is 12.2. The minimum Gasteiger partial charge on any atom is -0.508 e. The zero-order valence-electron chi connectivity index (χ0n) is 18.5. The molecule has 5 aromatic rings. The zero-order chi connectivity index (χ0) is 23.7. The Balaban J connectivity index is 1.51. The summed E-state index contributed by atoms with van der Waals surface area (Å²) in [5.74, 6) is 2.77. The zero-order valence-corrected chi connectivity index (χ0v) is 19.3. The molecular weight excluding hydrogens is 454 g/mol. The van der Waals surface area contributed by atoms with Gasteiger partial charge in [0.1, 0.15) is 22.8 Å². The van der Waals surface area contributed by atoms with Crippen LogP contribution < -0.4 is 10.4 Å². The monoisotopic (exact) mass is 475 g/mol. The number of fused-ring (bicyclic) bond motifs is 1. The molecule has 0 spiro atoms. The maximum Gasteiger partial charge on any atom is 0.336 e. The molecule has 2 aromatic carbocycles. The molecule has 3 heterocycles. The summed E-state index contributed by atoms with van der Waals surface area (Å²) >= 11 is 1.46. The van der Waals surface area contributed by atoms with Crippen LogP contribution in [0.4, 0.5) is 0 Å². The normalized spacial score (nSPS) is 11.2. The van der Waals surface area contributed by atoms with Crippen LogP contribution in [0.1, 0.15) is 16.9 Å². The van der Waals surface area contributed by atoms with E-state index in [9.17, 15) is 9.90 Å². The fraction of sp³-hybridized carbons (Fsp3) is 0.160. The number of phenols is 1. The fourth-order valence-electron chi connectivity index (χ4n) is 3.73. The van der Waals surface area contributed by atoms with Crippen molar-refractivity contribution in [1.29, 1.82) is 0 Å². The first-order valence-corrected chi connectivity index (χ1v) is 11.5. The Morgan fingerprint density at radius 1 is 1.12 bits per heavy atom. The van der Waals surface area contributed by atoms with Gasteiger partial charge in [0, 0.05) is 28.3 Å². The lowest BCUT2D eigenvalue weighted by Crippen LogP contribution is -2.04. The number of aryl methyl sites for hydroxylation is 1. The van der Waals surface area contributed by atoms with Crippen molar-refractivity contribution in [3.63, 3.8) is 0 Å². The van der Waals surface area contributed by atoms with Gasteiger partial charge in [-0.25, -0.2) is 4.79 Å². The topological polar surface area (TPSA) is 104 Å². The number of ether oxygens (including phenoxy) is 1. The average Bonchev–Trinajstić information content (AvgIpc) is 3.51. The van der Waals surface area contributed by atoms with Crippen LogP contribution in [-0.2, 0) is 12.3 Å². The summed E-state index contributed by atoms with van der Waals surface area (Å²) in [6.45, 7) is 2.17. The third-order valence-electron chi connectivity index (χ3n) is 5.53. The molecule has 34 heavy (non-hydrogen) atoms. The number of hydrogen-bond donors (Lipinski definition) is 1. The quantitative estimate of drug-likeness (QED) is 0.259. The molecule has 172 valence electrons. The summed E-state index contributed by atoms with van der Waals surface area (Å²) in [5.41, 5.74) is 2.14. The first-order chi connectivity index (χ1) is 16.5. The van der Waals surface area contributed by atoms with Gasteiger partial charge in [-0.05, 0) is 61.0 Å². The largest absolute Gasteiger partial charge is 0.508 e. The lowest BCUT2D eigenvalue weighted by Gasteiger charge is -2.10. The number of nitrogens with zero attached hydrogens (tertiary/aromatic N) is 3. The molecule has 0 saturated carbocycles. The van der Waals surface area contributed by atoms with Crippen molar-refractivity contribution in [3.05, 3.63) is 88.2 Å². The Hall–Kier alpha value is -3.98. The van der Waals surface area contributed by atoms with Gasteiger partial charge in [0.05, 0.1) is 19.9 Å². The van der Waals surface area contributed by atoms with Gasteiger partial charge in [-0.1, -0.05) is 11.8 Å². The molecular formula is C25H21N3O5S. The van der Waals surface area contributed by atoms with Gasteiger partial charge in [0.15, 0.2) is 11.0 Å². The molecule has 0 saturated heterocycles. The van der Waals surface area contributed by atoms with Crippen LogP contribution in [0.5, 0.6) is 11.5 Å². The third-order valence-corrected chi connectivity index (χ3v) is 6.55. The number of aromatic hydroxyl groups is 1. The number of aromatic nitrogens is 3. The van der Waals surface area contributed by atoms with Crippen LogP contribution in [0.25, 0.3) is 22.4 Å². The molecule has 9 heteroatoms. The predicted octanol–water partition coefficient (Wildman–Crippen LogP) is 5.01. The van der Waals surface area contributed by atoms with Crippen LogP contribution >= 0.6 is 11.8 Å². The molecule has 5 rings (SSSR count). The van der Waals surface area contributed by atoms with E-state index in [0.29, 0.717) is 34.4 Å². The van der Waals surface area contributed by atoms with E-state index in [1.54, 1.807) is 32.4 Å². The number of thioether (sulfide) groups is 1. The molecule has 0 atom stereocenters. The SMILES string of the molecule is COc1ccc(-c2nnc(SCc3cc(=O)oc4c(C)c(O)ccc34)n2Cc2ccco2)cc1. The fourth-order valence-corrected chi connectivity index (χ4v) is 4.66. The highest BCUT2D eigenvalue weighted by atomic mass is 32.2. The van der Waals surface area contributed by atoms with E-state index >= 15 is 0 Å². The van der Waals surface area contributed by atoms with Crippen molar-refractivity contribution in [2.24, 2.45) is 0 Å². The van der Waals surface area contributed by atoms with Crippen LogP contribution in [0, 0.1) is 6.92 Å². The standard InChI is InChI=1S/C25H21N3O5S/c1-15-21(29)10-9-20-17(12-22(30)33-23(15)20)14-34-25-27-26-24(16-5-7-18(31-2)8-6-16)28(25)13-19-4-3-11-32-19/h3-12,29H,13-14H2,1-2H3. The first-order valence-electron chi connectivity index (χ1n) is 10.5. The molecule has 0 fully saturated rings. The lowest BCUT2D eigenvalue weighted by molar-refractivity contribution is 0.415. The summed E-state index contributed by atoms with van der Waals surface area (Å²) in [6.07, 6.45) is 1.63. The Bertz CT molecular complexity index is 1500. The Morgan fingerprint density at radius 2 is 1.94 bits per heavy atom. The average molecular weight is 476 g/mol. The van der Waals surface area contributed by atoms with Gasteiger partial charge in [-0.15, -0.1) is 10.2 Å². The van der Waals surface area contributed by atoms with Gasteiger partial charge in [0.2, 0.25) is 0 Å². The Kier molecular flexibility index (Phi) is 5.85. The van der Waals surface area contributed by atoms with Crippen molar-refractivity contribution in [3.8, 4) is 22.9 Å². The van der Waals surface area contributed by atoms with Crippen LogP contribution in [0.3, 0.4) is 0 Å². The molecule has 0 radical (unpaired) electrons. The van der Waals surface area contributed by atoms with E-state index in [4.69, 9.17) is 13.6 Å². The van der Waals surface area contributed by atoms with Crippen molar-refractivity contribution in [2.45, 2.75) is 24.4 Å². The summed E-state index contributed by atoms with van der Waals surface area (Å²) in [7, 11) is 1.62. The van der Waals surface area contributed by atoms with Crippen molar-refractivity contribution in [2.75, 3.05) is 7.11 Å². The summed E-state index contributed by atoms with van der Waals surface area (Å²) in [4.78, 5) is 12.2. The summed E-state index contributed by atoms with van der Waals surface area (Å²) in [6, 6.07) is 16.2. The molecule has 8 nitrogen and oxygen atoms in total. The highest BCUT2D eigenvalue weighted by molar-refractivity contribution is 7.98. The molecule has 0 unspecified atom stereocenters. The second kappa shape index (κ2) is 9.11. The van der Waals surface area contributed by atoms with Gasteiger partial charge in [-0.2, -0.15) is 0 Å². The van der Waals surface area contributed by atoms with Gasteiger partial charge < -0.3 is 18.7 Å². The van der Waals surface area contributed by atoms with Gasteiger partial charge in [0.25, 0.3) is 0 Å². The van der Waals surface area contributed by atoms with Crippen LogP contribution in [-0.4, -0.2) is 27.0 Å². The van der Waals surface area contributed by atoms with E-state index in [0.717, 1.165) is 28.0 Å². The van der Waals surface area contributed by atoms with E-state index in [2.05, 4.69) is 10.2 Å². The van der Waals surface area contributed by atoms with E-state index in [-0.39, 0.29) is 5.75 Å². The minimum atomic E-state index is -0.465. The molecule has 3 aromatic heterocycles. The van der Waals surface area contributed by atoms with E-state index < -0.39 is 5.63 Å². The van der Waals surface area contributed by atoms with Crippen molar-refractivity contribution < 1.29 is 18.7 Å². The van der Waals surface area contributed by atoms with Crippen LogP contribution in [0.2, 0.25) is 0 Å². The number of benzene rings is 2. The van der Waals surface area contributed by atoms with Crippen molar-refractivity contribution >= 4 is 22.7 Å². The molecule has 0 aliphatic carbocycles. The van der Waals surface area contributed by atoms with E-state index in [1.807, 2.05) is 41.0 Å². The summed E-state index contributed by atoms with van der Waals surface area (Å²) in [5, 5.41) is 20.3. The van der Waals surface area contributed by atoms with Gasteiger partial charge >= 0.3 is 5.63 Å². The highest BCUT2D eigenvalue weighted by Gasteiger charge is 2.18. The second-order valence-electron chi connectivity index (χ2n) is 7.67.